The maximum Gasteiger partial charge on any atom is 0.397 e. The molecular weight excluding hydrogens is 563 g/mol. The molecule has 0 atom stereocenters. The minimum absolute atomic E-state index is 0.0434. The Labute approximate surface area is 213 Å². The van der Waals surface area contributed by atoms with Gasteiger partial charge in [-0.3, -0.25) is 14.4 Å². The summed E-state index contributed by atoms with van der Waals surface area (Å²) in [5.41, 5.74) is 0.365. The first-order valence-corrected chi connectivity index (χ1v) is 11.0. The molecule has 2 N–H and O–H groups in total. The third kappa shape index (κ3) is 16.5. The fourth-order valence-corrected chi connectivity index (χ4v) is 3.18. The summed E-state index contributed by atoms with van der Waals surface area (Å²) in [4.78, 5) is 33.8. The van der Waals surface area contributed by atoms with Gasteiger partial charge in [0.25, 0.3) is 0 Å². The van der Waals surface area contributed by atoms with Crippen molar-refractivity contribution in [2.75, 3.05) is 10.6 Å². The number of alkyl halides is 9. The van der Waals surface area contributed by atoms with Crippen LogP contribution in [0, 0.1) is 0 Å². The van der Waals surface area contributed by atoms with Gasteiger partial charge in [0.05, 0.1) is 0 Å². The lowest BCUT2D eigenvalue weighted by molar-refractivity contribution is -0.151. The second kappa shape index (κ2) is 13.6. The van der Waals surface area contributed by atoms with Crippen LogP contribution in [0.5, 0.6) is 0 Å². The Bertz CT molecular complexity index is 1000. The van der Waals surface area contributed by atoms with Crippen LogP contribution in [0.4, 0.5) is 50.9 Å². The van der Waals surface area contributed by atoms with Crippen LogP contribution in [0.2, 0.25) is 0 Å². The summed E-state index contributed by atoms with van der Waals surface area (Å²) in [5.74, 6) is -2.34. The molecule has 204 valence electrons. The zero-order valence-electron chi connectivity index (χ0n) is 18.2. The molecule has 0 unspecified atom stereocenters. The summed E-state index contributed by atoms with van der Waals surface area (Å²) in [6.45, 7) is 0. The molecule has 0 saturated carbocycles. The first-order valence-electron chi connectivity index (χ1n) is 9.71. The number of thiol groups is 1. The molecule has 37 heavy (non-hydrogen) atoms. The lowest BCUT2D eigenvalue weighted by Gasteiger charge is -2.08. The Morgan fingerprint density at radius 1 is 0.622 bits per heavy atom. The number of amides is 2. The highest BCUT2D eigenvalue weighted by Gasteiger charge is 2.32. The number of anilines is 2. The lowest BCUT2D eigenvalue weighted by atomic mass is 10.3. The SMILES string of the molecule is O=C(CC(F)(F)F)Nc1ccc(S)cc1.O=C(CC(F)(F)F)Nc1ccc(SC(=O)CC(F)(F)F)cc1. The average Bonchev–Trinajstić information content (AvgIpc) is 2.67. The maximum absolute atomic E-state index is 12.0. The van der Waals surface area contributed by atoms with Gasteiger partial charge in [-0.1, -0.05) is 11.8 Å². The molecule has 2 amide bonds. The van der Waals surface area contributed by atoms with E-state index in [0.717, 1.165) is 0 Å². The van der Waals surface area contributed by atoms with Crippen molar-refractivity contribution in [1.29, 1.82) is 0 Å². The largest absolute Gasteiger partial charge is 0.397 e. The predicted molar refractivity (Wildman–Crippen MR) is 120 cm³/mol. The number of hydrogen-bond acceptors (Lipinski definition) is 5. The molecule has 0 bridgehead atoms. The first-order chi connectivity index (χ1) is 16.8. The third-order valence-corrected chi connectivity index (χ3v) is 4.77. The van der Waals surface area contributed by atoms with Gasteiger partial charge >= 0.3 is 18.5 Å². The van der Waals surface area contributed by atoms with E-state index in [1.165, 1.54) is 36.4 Å². The highest BCUT2D eigenvalue weighted by molar-refractivity contribution is 8.13. The van der Waals surface area contributed by atoms with Crippen molar-refractivity contribution in [3.63, 3.8) is 0 Å². The number of thioether (sulfide) groups is 1. The van der Waals surface area contributed by atoms with Crippen molar-refractivity contribution in [2.24, 2.45) is 0 Å². The standard InChI is InChI=1S/C12H9F6NO2S.C9H8F3NOS/c13-11(14,15)5-9(20)19-7-1-3-8(4-2-7)22-10(21)6-12(16,17)18;10-9(11,12)5-8(14)13-6-1-3-7(15)4-2-6/h1-4H,5-6H2,(H,19,20);1-4,15H,5H2,(H,13,14). The normalized spacial score (nSPS) is 11.7. The van der Waals surface area contributed by atoms with E-state index in [9.17, 15) is 53.9 Å². The van der Waals surface area contributed by atoms with Gasteiger partial charge in [-0.2, -0.15) is 39.5 Å². The van der Waals surface area contributed by atoms with Crippen molar-refractivity contribution in [2.45, 2.75) is 47.6 Å². The van der Waals surface area contributed by atoms with E-state index in [1.807, 2.05) is 5.32 Å². The Kier molecular flexibility index (Phi) is 11.8. The summed E-state index contributed by atoms with van der Waals surface area (Å²) >= 11 is 4.35. The van der Waals surface area contributed by atoms with E-state index in [4.69, 9.17) is 0 Å². The highest BCUT2D eigenvalue weighted by Crippen LogP contribution is 2.28. The van der Waals surface area contributed by atoms with E-state index in [2.05, 4.69) is 17.9 Å². The van der Waals surface area contributed by atoms with Crippen molar-refractivity contribution in [3.8, 4) is 0 Å². The van der Waals surface area contributed by atoms with Gasteiger partial charge in [-0.05, 0) is 48.5 Å². The van der Waals surface area contributed by atoms with Crippen molar-refractivity contribution in [1.82, 2.24) is 0 Å². The molecule has 5 nitrogen and oxygen atoms in total. The van der Waals surface area contributed by atoms with Gasteiger partial charge in [-0.15, -0.1) is 12.6 Å². The molecule has 2 rings (SSSR count). The van der Waals surface area contributed by atoms with Crippen LogP contribution in [-0.2, 0) is 14.4 Å². The monoisotopic (exact) mass is 580 g/mol. The number of nitrogens with one attached hydrogen (secondary N) is 2. The molecule has 0 aliphatic heterocycles. The lowest BCUT2D eigenvalue weighted by Crippen LogP contribution is -2.21. The van der Waals surface area contributed by atoms with Crippen molar-refractivity contribution in [3.05, 3.63) is 48.5 Å². The second-order valence-electron chi connectivity index (χ2n) is 7.02. The van der Waals surface area contributed by atoms with E-state index >= 15 is 0 Å². The Balaban J connectivity index is 0.000000397. The summed E-state index contributed by atoms with van der Waals surface area (Å²) in [6, 6.07) is 10.9. The van der Waals surface area contributed by atoms with E-state index < -0.39 is 54.7 Å². The molecule has 0 radical (unpaired) electrons. The van der Waals surface area contributed by atoms with Gasteiger partial charge in [-0.25, -0.2) is 0 Å². The van der Waals surface area contributed by atoms with Gasteiger partial charge in [0.15, 0.2) is 0 Å². The summed E-state index contributed by atoms with van der Waals surface area (Å²) < 4.78 is 107. The zero-order valence-corrected chi connectivity index (χ0v) is 19.9. The number of halogens is 9. The molecule has 2 aromatic carbocycles. The van der Waals surface area contributed by atoms with Gasteiger partial charge in [0, 0.05) is 21.2 Å². The number of hydrogen-bond donors (Lipinski definition) is 3. The Hall–Kier alpha value is -2.88. The quantitative estimate of drug-likeness (QED) is 0.195. The summed E-state index contributed by atoms with van der Waals surface area (Å²) in [5, 5.41) is 3.01. The Morgan fingerprint density at radius 3 is 1.32 bits per heavy atom. The molecule has 0 aromatic heterocycles. The van der Waals surface area contributed by atoms with Crippen LogP contribution in [0.25, 0.3) is 0 Å². The zero-order chi connectivity index (χ0) is 28.4. The van der Waals surface area contributed by atoms with Crippen LogP contribution in [-0.4, -0.2) is 35.5 Å². The van der Waals surface area contributed by atoms with Crippen LogP contribution in [0.15, 0.2) is 58.3 Å². The molecule has 0 aliphatic rings. The van der Waals surface area contributed by atoms with E-state index in [0.29, 0.717) is 22.3 Å². The molecule has 0 spiro atoms. The third-order valence-electron chi connectivity index (χ3n) is 3.59. The van der Waals surface area contributed by atoms with Crippen LogP contribution in [0.3, 0.4) is 0 Å². The van der Waals surface area contributed by atoms with Crippen LogP contribution >= 0.6 is 24.4 Å². The number of carbonyl (C=O) groups is 3. The predicted octanol–water partition coefficient (Wildman–Crippen LogP) is 7.01. The van der Waals surface area contributed by atoms with Gasteiger partial charge in [0.1, 0.15) is 19.3 Å². The van der Waals surface area contributed by atoms with Gasteiger partial charge in [0.2, 0.25) is 16.9 Å². The minimum Gasteiger partial charge on any atom is -0.326 e. The Morgan fingerprint density at radius 2 is 0.973 bits per heavy atom. The summed E-state index contributed by atoms with van der Waals surface area (Å²) in [6.07, 6.45) is -18.4. The summed E-state index contributed by atoms with van der Waals surface area (Å²) in [7, 11) is 0. The van der Waals surface area contributed by atoms with Crippen LogP contribution in [0.1, 0.15) is 19.3 Å². The van der Waals surface area contributed by atoms with E-state index in [-0.39, 0.29) is 10.6 Å². The molecule has 0 heterocycles. The van der Waals surface area contributed by atoms with Crippen molar-refractivity contribution >= 4 is 52.7 Å². The number of carbonyl (C=O) groups excluding carboxylic acids is 3. The fraction of sp³-hybridized carbons (Fsp3) is 0.286. The average molecular weight is 580 g/mol. The molecule has 0 aliphatic carbocycles. The maximum atomic E-state index is 12.0. The number of rotatable bonds is 6. The van der Waals surface area contributed by atoms with Crippen molar-refractivity contribution < 1.29 is 53.9 Å². The molecule has 16 heteroatoms. The van der Waals surface area contributed by atoms with Crippen LogP contribution < -0.4 is 10.6 Å². The molecular formula is C21H17F9N2O3S2. The molecule has 2 aromatic rings. The minimum atomic E-state index is -4.64. The number of benzene rings is 2. The second-order valence-corrected chi connectivity index (χ2v) is 8.66. The molecule has 0 saturated heterocycles. The highest BCUT2D eigenvalue weighted by atomic mass is 32.2. The van der Waals surface area contributed by atoms with Gasteiger partial charge < -0.3 is 10.6 Å². The smallest absolute Gasteiger partial charge is 0.326 e. The van der Waals surface area contributed by atoms with E-state index in [1.54, 1.807) is 12.1 Å². The fourth-order valence-electron chi connectivity index (χ4n) is 2.26. The molecule has 0 fully saturated rings. The topological polar surface area (TPSA) is 75.3 Å². The first kappa shape index (κ1) is 32.1.